The maximum atomic E-state index is 12.1. The Labute approximate surface area is 123 Å². The third-order valence-corrected chi connectivity index (χ3v) is 6.47. The van der Waals surface area contributed by atoms with E-state index in [1.165, 1.54) is 0 Å². The molecule has 2 amide bonds. The van der Waals surface area contributed by atoms with Gasteiger partial charge in [-0.25, -0.2) is 17.9 Å². The number of rotatable bonds is 3. The van der Waals surface area contributed by atoms with E-state index in [2.05, 4.69) is 16.1 Å². The number of hydrogen-bond acceptors (Lipinski definition) is 3. The molecule has 0 atom stereocenters. The maximum absolute atomic E-state index is 12.1. The summed E-state index contributed by atoms with van der Waals surface area (Å²) in [6.45, 7) is 0. The first-order chi connectivity index (χ1) is 8.55. The Balaban J connectivity index is 0.000000356. The minimum absolute atomic E-state index is 0.144. The molecule has 1 aliphatic heterocycles. The smallest absolute Gasteiger partial charge is 0.274 e. The van der Waals surface area contributed by atoms with E-state index in [4.69, 9.17) is 0 Å². The Hall–Kier alpha value is -0.270. The monoisotopic (exact) mass is 356 g/mol. The maximum Gasteiger partial charge on any atom is 0.285 e. The third kappa shape index (κ3) is 4.65. The van der Waals surface area contributed by atoms with E-state index < -0.39 is 7.59 Å². The van der Waals surface area contributed by atoms with Crippen molar-refractivity contribution in [1.29, 1.82) is 0 Å². The molecule has 7 nitrogen and oxygen atoms in total. The van der Waals surface area contributed by atoms with Crippen LogP contribution in [0.4, 0.5) is 0 Å². The Bertz CT molecular complexity index is 342. The summed E-state index contributed by atoms with van der Waals surface area (Å²) >= 11 is 2.80. The van der Waals surface area contributed by atoms with Crippen LogP contribution in [0.1, 0.15) is 12.8 Å². The van der Waals surface area contributed by atoms with Gasteiger partial charge in [0.15, 0.2) is 0 Å². The van der Waals surface area contributed by atoms with E-state index >= 15 is 0 Å². The van der Waals surface area contributed by atoms with Crippen LogP contribution in [0.15, 0.2) is 0 Å². The summed E-state index contributed by atoms with van der Waals surface area (Å²) < 4.78 is 18.3. The number of halogens is 1. The number of amides is 2. The fourth-order valence-electron chi connectivity index (χ4n) is 1.62. The van der Waals surface area contributed by atoms with Crippen LogP contribution in [-0.4, -0.2) is 72.0 Å². The molecule has 0 bridgehead atoms. The molecule has 1 saturated heterocycles. The molecular formula is C10H22BrN4O3P. The van der Waals surface area contributed by atoms with Crippen LogP contribution in [0.2, 0.25) is 0 Å². The SMILES string of the molecule is CN(C)P(=O)(N(C)C)N(C)C.O=C1CCC(=O)N1Br. The zero-order chi connectivity index (χ0) is 15.4. The zero-order valence-corrected chi connectivity index (χ0v) is 14.7. The lowest BCUT2D eigenvalue weighted by molar-refractivity contribution is -0.131. The molecule has 0 aromatic heterocycles. The van der Waals surface area contributed by atoms with Gasteiger partial charge in [-0.1, -0.05) is 0 Å². The summed E-state index contributed by atoms with van der Waals surface area (Å²) in [6, 6.07) is 0. The highest BCUT2D eigenvalue weighted by Crippen LogP contribution is 2.50. The van der Waals surface area contributed by atoms with Crippen LogP contribution in [0.3, 0.4) is 0 Å². The largest absolute Gasteiger partial charge is 0.285 e. The van der Waals surface area contributed by atoms with Crippen molar-refractivity contribution >= 4 is 35.6 Å². The molecule has 1 rings (SSSR count). The average molecular weight is 357 g/mol. The molecule has 0 spiro atoms. The minimum atomic E-state index is -2.44. The molecule has 19 heavy (non-hydrogen) atoms. The predicted molar refractivity (Wildman–Crippen MR) is 78.7 cm³/mol. The van der Waals surface area contributed by atoms with Crippen molar-refractivity contribution in [3.8, 4) is 0 Å². The van der Waals surface area contributed by atoms with Gasteiger partial charge in [-0.05, 0) is 42.3 Å². The van der Waals surface area contributed by atoms with Crippen molar-refractivity contribution in [1.82, 2.24) is 17.9 Å². The van der Waals surface area contributed by atoms with Gasteiger partial charge in [0.1, 0.15) is 0 Å². The van der Waals surface area contributed by atoms with Gasteiger partial charge in [0.05, 0.1) is 16.1 Å². The summed E-state index contributed by atoms with van der Waals surface area (Å²) in [5.74, 6) is -0.287. The topological polar surface area (TPSA) is 64.2 Å². The Morgan fingerprint density at radius 1 is 0.895 bits per heavy atom. The van der Waals surface area contributed by atoms with E-state index in [1.54, 1.807) is 14.0 Å². The van der Waals surface area contributed by atoms with Gasteiger partial charge in [0.25, 0.3) is 7.59 Å². The molecule has 0 aliphatic carbocycles. The number of nitrogens with zero attached hydrogens (tertiary/aromatic N) is 4. The van der Waals surface area contributed by atoms with Crippen LogP contribution < -0.4 is 0 Å². The zero-order valence-electron chi connectivity index (χ0n) is 12.3. The predicted octanol–water partition coefficient (Wildman–Crippen LogP) is 1.22. The summed E-state index contributed by atoms with van der Waals surface area (Å²) in [7, 11) is 8.49. The van der Waals surface area contributed by atoms with Crippen LogP contribution in [0.5, 0.6) is 0 Å². The summed E-state index contributed by atoms with van der Waals surface area (Å²) in [4.78, 5) is 20.9. The van der Waals surface area contributed by atoms with E-state index in [9.17, 15) is 14.2 Å². The molecule has 0 unspecified atom stereocenters. The van der Waals surface area contributed by atoms with Crippen LogP contribution >= 0.6 is 23.7 Å². The van der Waals surface area contributed by atoms with Crippen molar-refractivity contribution < 1.29 is 14.2 Å². The lowest BCUT2D eigenvalue weighted by atomic mass is 10.4. The highest BCUT2D eigenvalue weighted by molar-refractivity contribution is 9.08. The third-order valence-electron chi connectivity index (χ3n) is 2.55. The molecule has 0 N–H and O–H groups in total. The average Bonchev–Trinajstić information content (AvgIpc) is 2.59. The molecular weight excluding hydrogens is 335 g/mol. The quantitative estimate of drug-likeness (QED) is 0.430. The van der Waals surface area contributed by atoms with E-state index in [1.807, 2.05) is 42.3 Å². The van der Waals surface area contributed by atoms with Crippen molar-refractivity contribution in [3.05, 3.63) is 0 Å². The van der Waals surface area contributed by atoms with Crippen LogP contribution in [-0.2, 0) is 14.2 Å². The standard InChI is InChI=1S/C6H18N3OP.C4H4BrNO2/c1-7(2)11(10,8(3)4)9(5)6;5-6-3(7)1-2-4(6)8/h1-6H3;1-2H2. The fourth-order valence-corrected chi connectivity index (χ4v) is 4.12. The van der Waals surface area contributed by atoms with Crippen molar-refractivity contribution in [2.24, 2.45) is 0 Å². The second-order valence-corrected chi connectivity index (χ2v) is 8.76. The van der Waals surface area contributed by atoms with Gasteiger partial charge in [0.2, 0.25) is 11.8 Å². The van der Waals surface area contributed by atoms with Crippen molar-refractivity contribution in [3.63, 3.8) is 0 Å². The Morgan fingerprint density at radius 2 is 1.16 bits per heavy atom. The molecule has 112 valence electrons. The summed E-state index contributed by atoms with van der Waals surface area (Å²) in [5, 5.41) is 0. The first kappa shape index (κ1) is 18.7. The molecule has 0 aromatic carbocycles. The Kier molecular flexibility index (Phi) is 7.39. The fraction of sp³-hybridized carbons (Fsp3) is 0.800. The van der Waals surface area contributed by atoms with E-state index in [-0.39, 0.29) is 11.8 Å². The second kappa shape index (κ2) is 7.50. The number of carbonyl (C=O) groups excluding carboxylic acids is 2. The molecule has 0 radical (unpaired) electrons. The van der Waals surface area contributed by atoms with Gasteiger partial charge in [-0.3, -0.25) is 14.2 Å². The lowest BCUT2D eigenvalue weighted by Crippen LogP contribution is -2.30. The van der Waals surface area contributed by atoms with Gasteiger partial charge in [-0.15, -0.1) is 0 Å². The molecule has 9 heteroatoms. The molecule has 0 saturated carbocycles. The number of imide groups is 1. The number of hydrogen-bond donors (Lipinski definition) is 0. The highest BCUT2D eigenvalue weighted by atomic mass is 79.9. The lowest BCUT2D eigenvalue weighted by Gasteiger charge is -2.34. The van der Waals surface area contributed by atoms with Gasteiger partial charge in [0, 0.05) is 12.8 Å². The normalized spacial score (nSPS) is 16.4. The first-order valence-corrected chi connectivity index (χ1v) is 7.97. The van der Waals surface area contributed by atoms with Crippen molar-refractivity contribution in [2.45, 2.75) is 12.8 Å². The Morgan fingerprint density at radius 3 is 1.21 bits per heavy atom. The van der Waals surface area contributed by atoms with Crippen LogP contribution in [0.25, 0.3) is 0 Å². The van der Waals surface area contributed by atoms with E-state index in [0.717, 1.165) is 3.93 Å². The number of carbonyl (C=O) groups is 2. The highest BCUT2D eigenvalue weighted by Gasteiger charge is 2.30. The minimum Gasteiger partial charge on any atom is -0.274 e. The molecule has 0 aromatic rings. The second-order valence-electron chi connectivity index (χ2n) is 4.62. The van der Waals surface area contributed by atoms with E-state index in [0.29, 0.717) is 12.8 Å². The summed E-state index contributed by atoms with van der Waals surface area (Å²) in [5.41, 5.74) is 0. The molecule has 1 fully saturated rings. The van der Waals surface area contributed by atoms with Gasteiger partial charge >= 0.3 is 0 Å². The van der Waals surface area contributed by atoms with Crippen LogP contribution in [0, 0.1) is 0 Å². The molecule has 1 heterocycles. The first-order valence-electron chi connectivity index (χ1n) is 5.70. The summed E-state index contributed by atoms with van der Waals surface area (Å²) in [6.07, 6.45) is 0.703. The molecule has 1 aliphatic rings. The van der Waals surface area contributed by atoms with Gasteiger partial charge < -0.3 is 0 Å². The van der Waals surface area contributed by atoms with Gasteiger partial charge in [-0.2, -0.15) is 0 Å². The van der Waals surface area contributed by atoms with Crippen molar-refractivity contribution in [2.75, 3.05) is 42.3 Å².